The molecule has 0 radical (unpaired) electrons. The lowest BCUT2D eigenvalue weighted by Crippen LogP contribution is -2.51. The molecule has 0 spiro atoms. The zero-order chi connectivity index (χ0) is 24.5. The maximum Gasteiger partial charge on any atom is 0.328 e. The maximum absolute atomic E-state index is 12.2. The van der Waals surface area contributed by atoms with E-state index in [0.717, 1.165) is 31.4 Å². The Morgan fingerprint density at radius 2 is 1.34 bits per heavy atom. The van der Waals surface area contributed by atoms with E-state index in [1.807, 2.05) is 41.2 Å². The van der Waals surface area contributed by atoms with Gasteiger partial charge in [0.05, 0.1) is 5.69 Å². The number of hydrogen-bond donors (Lipinski definition) is 2. The van der Waals surface area contributed by atoms with Gasteiger partial charge in [-0.15, -0.1) is 0 Å². The molecule has 7 heteroatoms. The van der Waals surface area contributed by atoms with Crippen molar-refractivity contribution < 1.29 is 14.4 Å². The minimum atomic E-state index is -0.809. The molecule has 0 unspecified atom stereocenters. The lowest BCUT2D eigenvalue weighted by atomic mass is 10.0. The zero-order valence-electron chi connectivity index (χ0n) is 19.7. The molecule has 35 heavy (non-hydrogen) atoms. The summed E-state index contributed by atoms with van der Waals surface area (Å²) < 4.78 is 1.87. The first-order chi connectivity index (χ1) is 17.1. The van der Waals surface area contributed by atoms with E-state index in [2.05, 4.69) is 41.0 Å². The summed E-state index contributed by atoms with van der Waals surface area (Å²) >= 11 is 0. The standard InChI is InChI=1S/C28H30N4O3/c33-26-24(27(34)30-28(35)29-26)19-23-20-32(31-25(23)22-16-10-6-11-17-22)18-12-4-2-1-3-7-13-21-14-8-5-9-15-21/h5-6,8-11,14-17,19-20H,1-4,7,12-13,18H2,(H2,29,30,33,34,35). The minimum absolute atomic E-state index is 0.114. The van der Waals surface area contributed by atoms with Gasteiger partial charge in [-0.2, -0.15) is 5.10 Å². The molecule has 1 aromatic heterocycles. The van der Waals surface area contributed by atoms with Crippen molar-refractivity contribution in [1.29, 1.82) is 0 Å². The van der Waals surface area contributed by atoms with Crippen LogP contribution in [0.3, 0.4) is 0 Å². The van der Waals surface area contributed by atoms with Crippen molar-refractivity contribution in [2.24, 2.45) is 0 Å². The Kier molecular flexibility index (Phi) is 8.22. The number of nitrogens with zero attached hydrogens (tertiary/aromatic N) is 2. The molecule has 3 aromatic rings. The van der Waals surface area contributed by atoms with E-state index in [4.69, 9.17) is 5.10 Å². The molecular weight excluding hydrogens is 440 g/mol. The highest BCUT2D eigenvalue weighted by atomic mass is 16.2. The van der Waals surface area contributed by atoms with Crippen LogP contribution in [0.5, 0.6) is 0 Å². The van der Waals surface area contributed by atoms with Crippen molar-refractivity contribution in [3.63, 3.8) is 0 Å². The number of rotatable bonds is 11. The van der Waals surface area contributed by atoms with Crippen LogP contribution in [-0.4, -0.2) is 27.6 Å². The molecule has 2 aromatic carbocycles. The van der Waals surface area contributed by atoms with Gasteiger partial charge in [0.15, 0.2) is 0 Å². The smallest absolute Gasteiger partial charge is 0.273 e. The number of benzene rings is 2. The molecule has 1 aliphatic rings. The molecular formula is C28H30N4O3. The summed E-state index contributed by atoms with van der Waals surface area (Å²) in [5.41, 5.74) is 3.53. The van der Waals surface area contributed by atoms with Crippen molar-refractivity contribution in [1.82, 2.24) is 20.4 Å². The van der Waals surface area contributed by atoms with Crippen LogP contribution in [0.4, 0.5) is 4.79 Å². The van der Waals surface area contributed by atoms with Crippen LogP contribution < -0.4 is 10.6 Å². The Morgan fingerprint density at radius 1 is 0.743 bits per heavy atom. The Balaban J connectivity index is 1.33. The van der Waals surface area contributed by atoms with E-state index in [-0.39, 0.29) is 5.57 Å². The summed E-state index contributed by atoms with van der Waals surface area (Å²) in [6.45, 7) is 0.754. The largest absolute Gasteiger partial charge is 0.328 e. The topological polar surface area (TPSA) is 93.1 Å². The quantitative estimate of drug-likeness (QED) is 0.237. The fourth-order valence-corrected chi connectivity index (χ4v) is 4.19. The van der Waals surface area contributed by atoms with Gasteiger partial charge in [-0.1, -0.05) is 86.3 Å². The molecule has 0 saturated carbocycles. The van der Waals surface area contributed by atoms with E-state index < -0.39 is 17.8 Å². The number of barbiturate groups is 1. The second kappa shape index (κ2) is 11.9. The Labute approximate surface area is 205 Å². The summed E-state index contributed by atoms with van der Waals surface area (Å²) in [5.74, 6) is -1.42. The van der Waals surface area contributed by atoms with Gasteiger partial charge in [-0.3, -0.25) is 24.9 Å². The number of carbonyl (C=O) groups is 3. The summed E-state index contributed by atoms with van der Waals surface area (Å²) in [5, 5.41) is 8.96. The van der Waals surface area contributed by atoms with Crippen molar-refractivity contribution in [3.05, 3.63) is 83.6 Å². The SMILES string of the molecule is O=C1NC(=O)C(=Cc2cn(CCCCCCCCc3ccccc3)nc2-c2ccccc2)C(=O)N1. The van der Waals surface area contributed by atoms with Crippen molar-refractivity contribution in [2.75, 3.05) is 0 Å². The van der Waals surface area contributed by atoms with Gasteiger partial charge in [0, 0.05) is 23.9 Å². The molecule has 2 heterocycles. The van der Waals surface area contributed by atoms with Crippen LogP contribution in [0.25, 0.3) is 17.3 Å². The van der Waals surface area contributed by atoms with E-state index >= 15 is 0 Å². The number of aromatic nitrogens is 2. The van der Waals surface area contributed by atoms with E-state index in [1.54, 1.807) is 0 Å². The number of aryl methyl sites for hydroxylation is 2. The van der Waals surface area contributed by atoms with E-state index in [1.165, 1.54) is 37.3 Å². The van der Waals surface area contributed by atoms with Crippen molar-refractivity contribution in [3.8, 4) is 11.3 Å². The number of unbranched alkanes of at least 4 members (excludes halogenated alkanes) is 5. The van der Waals surface area contributed by atoms with Crippen LogP contribution >= 0.6 is 0 Å². The van der Waals surface area contributed by atoms with E-state index in [0.29, 0.717) is 11.3 Å². The van der Waals surface area contributed by atoms with Gasteiger partial charge in [0.2, 0.25) is 0 Å². The fourth-order valence-electron chi connectivity index (χ4n) is 4.19. The molecule has 4 amide bonds. The summed E-state index contributed by atoms with van der Waals surface area (Å²) in [6, 6.07) is 19.4. The third-order valence-corrected chi connectivity index (χ3v) is 6.03. The molecule has 1 fully saturated rings. The average molecular weight is 471 g/mol. The fraction of sp³-hybridized carbons (Fsp3) is 0.286. The van der Waals surface area contributed by atoms with Crippen LogP contribution in [-0.2, 0) is 22.6 Å². The summed E-state index contributed by atoms with van der Waals surface area (Å²) in [4.78, 5) is 35.7. The Bertz CT molecular complexity index is 1180. The number of imide groups is 2. The summed E-state index contributed by atoms with van der Waals surface area (Å²) in [6.07, 6.45) is 11.5. The number of nitrogens with one attached hydrogen (secondary N) is 2. The van der Waals surface area contributed by atoms with Crippen molar-refractivity contribution >= 4 is 23.9 Å². The molecule has 4 rings (SSSR count). The molecule has 7 nitrogen and oxygen atoms in total. The Hall–Kier alpha value is -4.00. The molecule has 1 saturated heterocycles. The predicted molar refractivity (Wildman–Crippen MR) is 135 cm³/mol. The summed E-state index contributed by atoms with van der Waals surface area (Å²) in [7, 11) is 0. The lowest BCUT2D eigenvalue weighted by molar-refractivity contribution is -0.123. The molecule has 0 aliphatic carbocycles. The minimum Gasteiger partial charge on any atom is -0.273 e. The van der Waals surface area contributed by atoms with Gasteiger partial charge in [0.25, 0.3) is 11.8 Å². The third kappa shape index (κ3) is 6.76. The van der Waals surface area contributed by atoms with Gasteiger partial charge >= 0.3 is 6.03 Å². The van der Waals surface area contributed by atoms with Gasteiger partial charge in [0.1, 0.15) is 5.57 Å². The first-order valence-corrected chi connectivity index (χ1v) is 12.2. The normalized spacial score (nSPS) is 13.5. The highest BCUT2D eigenvalue weighted by molar-refractivity contribution is 6.31. The lowest BCUT2D eigenvalue weighted by Gasteiger charge is -2.13. The highest BCUT2D eigenvalue weighted by Crippen LogP contribution is 2.25. The maximum atomic E-state index is 12.2. The van der Waals surface area contributed by atoms with Crippen molar-refractivity contribution in [2.45, 2.75) is 51.5 Å². The number of hydrogen-bond acceptors (Lipinski definition) is 4. The van der Waals surface area contributed by atoms with Gasteiger partial charge in [-0.05, 0) is 30.9 Å². The number of carbonyl (C=O) groups excluding carboxylic acids is 3. The van der Waals surface area contributed by atoms with Gasteiger partial charge in [-0.25, -0.2) is 4.79 Å². The third-order valence-electron chi connectivity index (χ3n) is 6.03. The van der Waals surface area contributed by atoms with Crippen LogP contribution in [0.2, 0.25) is 0 Å². The zero-order valence-corrected chi connectivity index (χ0v) is 19.7. The number of amides is 4. The van der Waals surface area contributed by atoms with Crippen LogP contribution in [0.15, 0.2) is 72.4 Å². The first-order valence-electron chi connectivity index (χ1n) is 12.2. The highest BCUT2D eigenvalue weighted by Gasteiger charge is 2.28. The monoisotopic (exact) mass is 470 g/mol. The second-order valence-electron chi connectivity index (χ2n) is 8.71. The molecule has 1 aliphatic heterocycles. The average Bonchev–Trinajstić information content (AvgIpc) is 3.27. The van der Waals surface area contributed by atoms with E-state index in [9.17, 15) is 14.4 Å². The molecule has 180 valence electrons. The molecule has 0 atom stereocenters. The van der Waals surface area contributed by atoms with Crippen LogP contribution in [0.1, 0.15) is 49.7 Å². The van der Waals surface area contributed by atoms with Gasteiger partial charge < -0.3 is 0 Å². The molecule has 0 bridgehead atoms. The molecule has 2 N–H and O–H groups in total. The number of urea groups is 1. The second-order valence-corrected chi connectivity index (χ2v) is 8.71. The predicted octanol–water partition coefficient (Wildman–Crippen LogP) is 4.88. The van der Waals surface area contributed by atoms with Crippen LogP contribution in [0, 0.1) is 0 Å². The first kappa shape index (κ1) is 24.1. The Morgan fingerprint density at radius 3 is 2.03 bits per heavy atom.